The van der Waals surface area contributed by atoms with E-state index >= 15 is 0 Å². The maximum Gasteiger partial charge on any atom is 0.243 e. The van der Waals surface area contributed by atoms with Gasteiger partial charge in [-0.05, 0) is 42.8 Å². The van der Waals surface area contributed by atoms with E-state index in [9.17, 15) is 13.5 Å². The standard InChI is InChI=1S/C19H22N4O4S/c1-2-9-23(10-11-24)28(26,27)17-7-4-15(5-8-17)21-19-20-13-14-3-6-16(25)12-18(14)22-19/h3-8,12-13,24-25H,2,9-11H2,1H3,(H,20,21,22). The average Bonchev–Trinajstić information content (AvgIpc) is 2.68. The number of nitrogens with one attached hydrogen (secondary N) is 1. The highest BCUT2D eigenvalue weighted by Gasteiger charge is 2.23. The normalized spacial score (nSPS) is 11.8. The first-order chi connectivity index (χ1) is 13.4. The van der Waals surface area contributed by atoms with Crippen molar-refractivity contribution in [2.75, 3.05) is 25.0 Å². The summed E-state index contributed by atoms with van der Waals surface area (Å²) in [6, 6.07) is 11.1. The van der Waals surface area contributed by atoms with Crippen molar-refractivity contribution in [3.8, 4) is 5.75 Å². The molecular weight excluding hydrogens is 380 g/mol. The number of anilines is 2. The fourth-order valence-electron chi connectivity index (χ4n) is 2.77. The molecule has 0 atom stereocenters. The van der Waals surface area contributed by atoms with Gasteiger partial charge in [0.05, 0.1) is 17.0 Å². The van der Waals surface area contributed by atoms with Gasteiger partial charge in [-0.2, -0.15) is 4.31 Å². The summed E-state index contributed by atoms with van der Waals surface area (Å²) >= 11 is 0. The number of rotatable bonds is 8. The van der Waals surface area contributed by atoms with Crippen molar-refractivity contribution in [1.82, 2.24) is 14.3 Å². The van der Waals surface area contributed by atoms with Crippen LogP contribution in [0.15, 0.2) is 53.6 Å². The number of phenols is 1. The molecule has 3 N–H and O–H groups in total. The van der Waals surface area contributed by atoms with Gasteiger partial charge in [0, 0.05) is 36.4 Å². The number of aliphatic hydroxyl groups is 1. The van der Waals surface area contributed by atoms with E-state index in [4.69, 9.17) is 5.11 Å². The lowest BCUT2D eigenvalue weighted by molar-refractivity contribution is 0.253. The Hall–Kier alpha value is -2.75. The minimum absolute atomic E-state index is 0.0634. The second-order valence-electron chi connectivity index (χ2n) is 6.21. The van der Waals surface area contributed by atoms with Crippen LogP contribution in [0.5, 0.6) is 5.75 Å². The van der Waals surface area contributed by atoms with Crippen LogP contribution in [0.2, 0.25) is 0 Å². The highest BCUT2D eigenvalue weighted by molar-refractivity contribution is 7.89. The molecule has 3 rings (SSSR count). The van der Waals surface area contributed by atoms with Gasteiger partial charge in [0.25, 0.3) is 0 Å². The number of benzene rings is 2. The Balaban J connectivity index is 1.80. The molecule has 0 amide bonds. The predicted octanol–water partition coefficient (Wildman–Crippen LogP) is 2.47. The monoisotopic (exact) mass is 402 g/mol. The van der Waals surface area contributed by atoms with E-state index < -0.39 is 10.0 Å². The molecule has 0 saturated heterocycles. The highest BCUT2D eigenvalue weighted by Crippen LogP contribution is 2.22. The van der Waals surface area contributed by atoms with Crippen LogP contribution in [0.25, 0.3) is 10.9 Å². The van der Waals surface area contributed by atoms with E-state index in [0.717, 1.165) is 5.39 Å². The van der Waals surface area contributed by atoms with Crippen LogP contribution >= 0.6 is 0 Å². The number of hydrogen-bond acceptors (Lipinski definition) is 7. The summed E-state index contributed by atoms with van der Waals surface area (Å²) in [4.78, 5) is 8.72. The van der Waals surface area contributed by atoms with Gasteiger partial charge in [0.2, 0.25) is 16.0 Å². The van der Waals surface area contributed by atoms with E-state index in [1.54, 1.807) is 36.5 Å². The molecule has 28 heavy (non-hydrogen) atoms. The quantitative estimate of drug-likeness (QED) is 0.530. The molecule has 0 radical (unpaired) electrons. The summed E-state index contributed by atoms with van der Waals surface area (Å²) in [5.41, 5.74) is 1.22. The van der Waals surface area contributed by atoms with Gasteiger partial charge < -0.3 is 15.5 Å². The molecule has 3 aromatic rings. The van der Waals surface area contributed by atoms with E-state index in [1.807, 2.05) is 6.92 Å². The summed E-state index contributed by atoms with van der Waals surface area (Å²) in [6.07, 6.45) is 2.30. The molecule has 0 unspecified atom stereocenters. The zero-order valence-corrected chi connectivity index (χ0v) is 16.2. The number of nitrogens with zero attached hydrogens (tertiary/aromatic N) is 3. The van der Waals surface area contributed by atoms with Crippen LogP contribution < -0.4 is 5.32 Å². The van der Waals surface area contributed by atoms with Crippen LogP contribution in [-0.2, 0) is 10.0 Å². The Labute approximate surface area is 163 Å². The second-order valence-corrected chi connectivity index (χ2v) is 8.15. The fraction of sp³-hybridized carbons (Fsp3) is 0.263. The molecule has 0 fully saturated rings. The first-order valence-corrected chi connectivity index (χ1v) is 10.3. The largest absolute Gasteiger partial charge is 0.508 e. The SMILES string of the molecule is CCCN(CCO)S(=O)(=O)c1ccc(Nc2ncc3ccc(O)cc3n2)cc1. The third-order valence-corrected chi connectivity index (χ3v) is 6.05. The van der Waals surface area contributed by atoms with Gasteiger partial charge in [-0.25, -0.2) is 18.4 Å². The molecule has 0 aliphatic rings. The van der Waals surface area contributed by atoms with Gasteiger partial charge in [0.1, 0.15) is 5.75 Å². The van der Waals surface area contributed by atoms with Crippen molar-refractivity contribution >= 4 is 32.6 Å². The number of hydrogen-bond donors (Lipinski definition) is 3. The number of aromatic nitrogens is 2. The fourth-order valence-corrected chi connectivity index (χ4v) is 4.30. The van der Waals surface area contributed by atoms with Gasteiger partial charge >= 0.3 is 0 Å². The van der Waals surface area contributed by atoms with E-state index in [0.29, 0.717) is 30.1 Å². The summed E-state index contributed by atoms with van der Waals surface area (Å²) in [5.74, 6) is 0.452. The maximum atomic E-state index is 12.7. The first kappa shape index (κ1) is 20.0. The van der Waals surface area contributed by atoms with Crippen molar-refractivity contribution in [1.29, 1.82) is 0 Å². The third-order valence-electron chi connectivity index (χ3n) is 4.14. The van der Waals surface area contributed by atoms with Crippen molar-refractivity contribution in [3.05, 3.63) is 48.7 Å². The Morgan fingerprint density at radius 3 is 2.54 bits per heavy atom. The number of fused-ring (bicyclic) bond motifs is 1. The molecule has 8 nitrogen and oxygen atoms in total. The van der Waals surface area contributed by atoms with E-state index in [1.165, 1.54) is 16.4 Å². The van der Waals surface area contributed by atoms with Gasteiger partial charge in [-0.3, -0.25) is 0 Å². The summed E-state index contributed by atoms with van der Waals surface area (Å²) < 4.78 is 26.7. The minimum atomic E-state index is -3.66. The van der Waals surface area contributed by atoms with Crippen molar-refractivity contribution < 1.29 is 18.6 Å². The van der Waals surface area contributed by atoms with Crippen LogP contribution in [-0.4, -0.2) is 52.6 Å². The summed E-state index contributed by atoms with van der Waals surface area (Å²) in [6.45, 7) is 2.07. The van der Waals surface area contributed by atoms with Crippen molar-refractivity contribution in [2.24, 2.45) is 0 Å². The molecule has 0 saturated carbocycles. The van der Waals surface area contributed by atoms with Gasteiger partial charge in [-0.1, -0.05) is 6.92 Å². The Morgan fingerprint density at radius 1 is 1.11 bits per heavy atom. The van der Waals surface area contributed by atoms with Gasteiger partial charge in [-0.15, -0.1) is 0 Å². The molecule has 9 heteroatoms. The van der Waals surface area contributed by atoms with Crippen molar-refractivity contribution in [3.63, 3.8) is 0 Å². The minimum Gasteiger partial charge on any atom is -0.508 e. The summed E-state index contributed by atoms with van der Waals surface area (Å²) in [7, 11) is -3.66. The average molecular weight is 402 g/mol. The van der Waals surface area contributed by atoms with Crippen LogP contribution in [0.1, 0.15) is 13.3 Å². The molecule has 148 valence electrons. The van der Waals surface area contributed by atoms with Crippen molar-refractivity contribution in [2.45, 2.75) is 18.2 Å². The molecule has 1 aromatic heterocycles. The lowest BCUT2D eigenvalue weighted by atomic mass is 10.2. The second kappa shape index (κ2) is 8.51. The molecule has 0 spiro atoms. The molecule has 1 heterocycles. The third kappa shape index (κ3) is 4.38. The number of aliphatic hydroxyl groups excluding tert-OH is 1. The maximum absolute atomic E-state index is 12.7. The zero-order valence-electron chi connectivity index (χ0n) is 15.4. The van der Waals surface area contributed by atoms with E-state index in [-0.39, 0.29) is 23.8 Å². The first-order valence-electron chi connectivity index (χ1n) is 8.88. The molecule has 2 aromatic carbocycles. The topological polar surface area (TPSA) is 116 Å². The van der Waals surface area contributed by atoms with Crippen LogP contribution in [0.4, 0.5) is 11.6 Å². The Kier molecular flexibility index (Phi) is 6.08. The van der Waals surface area contributed by atoms with E-state index in [2.05, 4.69) is 15.3 Å². The smallest absolute Gasteiger partial charge is 0.243 e. The molecule has 0 bridgehead atoms. The molecule has 0 aliphatic carbocycles. The highest BCUT2D eigenvalue weighted by atomic mass is 32.2. The lowest BCUT2D eigenvalue weighted by Gasteiger charge is -2.20. The zero-order chi connectivity index (χ0) is 20.1. The Bertz CT molecular complexity index is 1050. The number of phenolic OH excluding ortho intramolecular Hbond substituents is 1. The number of sulfonamides is 1. The predicted molar refractivity (Wildman–Crippen MR) is 107 cm³/mol. The molecule has 0 aliphatic heterocycles. The summed E-state index contributed by atoms with van der Waals surface area (Å²) in [5, 5.41) is 22.5. The van der Waals surface area contributed by atoms with Gasteiger partial charge in [0.15, 0.2) is 0 Å². The molecular formula is C19H22N4O4S. The lowest BCUT2D eigenvalue weighted by Crippen LogP contribution is -2.34. The Morgan fingerprint density at radius 2 is 1.86 bits per heavy atom. The van der Waals surface area contributed by atoms with Crippen LogP contribution in [0, 0.1) is 0 Å². The van der Waals surface area contributed by atoms with Crippen LogP contribution in [0.3, 0.4) is 0 Å². The number of aromatic hydroxyl groups is 1.